The van der Waals surface area contributed by atoms with Crippen molar-refractivity contribution in [2.24, 2.45) is 11.8 Å². The highest BCUT2D eigenvalue weighted by Gasteiger charge is 2.45. The highest BCUT2D eigenvalue weighted by molar-refractivity contribution is 7.99. The quantitative estimate of drug-likeness (QED) is 0.598. The lowest BCUT2D eigenvalue weighted by Crippen LogP contribution is -2.49. The van der Waals surface area contributed by atoms with Crippen LogP contribution in [-0.4, -0.2) is 48.5 Å². The van der Waals surface area contributed by atoms with E-state index in [1.807, 2.05) is 31.2 Å². The topological polar surface area (TPSA) is 83.9 Å². The van der Waals surface area contributed by atoms with Gasteiger partial charge in [-0.2, -0.15) is 16.1 Å². The molecule has 0 bridgehead atoms. The van der Waals surface area contributed by atoms with E-state index >= 15 is 0 Å². The number of ether oxygens (including phenoxy) is 1. The molecule has 32 heavy (non-hydrogen) atoms. The molecular weight excluding hydrogens is 446 g/mol. The van der Waals surface area contributed by atoms with E-state index in [4.69, 9.17) is 4.74 Å². The summed E-state index contributed by atoms with van der Waals surface area (Å²) in [5.41, 5.74) is 1.76. The fraction of sp³-hybridized carbons (Fsp3) is 0.458. The number of carboxylic acids is 1. The highest BCUT2D eigenvalue weighted by Crippen LogP contribution is 2.43. The Kier molecular flexibility index (Phi) is 7.90. The zero-order valence-corrected chi connectivity index (χ0v) is 20.5. The van der Waals surface area contributed by atoms with Gasteiger partial charge in [-0.05, 0) is 54.8 Å². The van der Waals surface area contributed by atoms with Crippen LogP contribution in [0.4, 0.5) is 0 Å². The van der Waals surface area contributed by atoms with Gasteiger partial charge in [0.1, 0.15) is 5.75 Å². The van der Waals surface area contributed by atoms with Gasteiger partial charge < -0.3 is 9.84 Å². The molecule has 1 saturated heterocycles. The molecule has 6 nitrogen and oxygen atoms in total. The number of benzene rings is 2. The number of sulfonamides is 1. The van der Waals surface area contributed by atoms with Crippen molar-refractivity contribution >= 4 is 27.8 Å². The SMILES string of the molecule is COc1cccc([C@@H]2C[C@@H](SCC(C)C)[C@H](C(=O)O)CN2S(=O)(=O)c2ccc(C)cc2)c1. The predicted octanol–water partition coefficient (Wildman–Crippen LogP) is 4.60. The number of nitrogens with zero attached hydrogens (tertiary/aromatic N) is 1. The second-order valence-electron chi connectivity index (χ2n) is 8.63. The Morgan fingerprint density at radius 2 is 1.91 bits per heavy atom. The minimum Gasteiger partial charge on any atom is -0.497 e. The molecule has 2 aromatic carbocycles. The number of aliphatic carboxylic acids is 1. The van der Waals surface area contributed by atoms with Crippen molar-refractivity contribution in [3.05, 3.63) is 59.7 Å². The first kappa shape index (κ1) is 24.6. The number of carboxylic acid groups (broad SMARTS) is 1. The Balaban J connectivity index is 2.06. The van der Waals surface area contributed by atoms with Crippen LogP contribution < -0.4 is 4.74 Å². The molecule has 1 N–H and O–H groups in total. The maximum Gasteiger partial charge on any atom is 0.308 e. The normalized spacial score (nSPS) is 22.1. The molecule has 0 saturated carbocycles. The molecule has 0 unspecified atom stereocenters. The molecule has 1 heterocycles. The zero-order valence-electron chi connectivity index (χ0n) is 18.9. The number of methoxy groups -OCH3 is 1. The van der Waals surface area contributed by atoms with Crippen molar-refractivity contribution in [1.29, 1.82) is 0 Å². The van der Waals surface area contributed by atoms with Gasteiger partial charge in [0.05, 0.1) is 24.0 Å². The first-order chi connectivity index (χ1) is 15.1. The molecule has 0 amide bonds. The maximum atomic E-state index is 13.7. The molecule has 2 aromatic rings. The number of piperidine rings is 1. The summed E-state index contributed by atoms with van der Waals surface area (Å²) >= 11 is 1.63. The maximum absolute atomic E-state index is 13.7. The smallest absolute Gasteiger partial charge is 0.308 e. The molecule has 3 atom stereocenters. The van der Waals surface area contributed by atoms with Crippen LogP contribution in [0, 0.1) is 18.8 Å². The predicted molar refractivity (Wildman–Crippen MR) is 128 cm³/mol. The molecule has 0 spiro atoms. The van der Waals surface area contributed by atoms with Crippen LogP contribution in [0.1, 0.15) is 37.4 Å². The number of hydrogen-bond acceptors (Lipinski definition) is 5. The van der Waals surface area contributed by atoms with E-state index in [1.165, 1.54) is 4.31 Å². The number of thioether (sulfide) groups is 1. The van der Waals surface area contributed by atoms with Crippen molar-refractivity contribution in [2.75, 3.05) is 19.4 Å². The van der Waals surface area contributed by atoms with Crippen LogP contribution >= 0.6 is 11.8 Å². The number of carbonyl (C=O) groups is 1. The van der Waals surface area contributed by atoms with E-state index in [0.29, 0.717) is 18.1 Å². The van der Waals surface area contributed by atoms with E-state index < -0.39 is 28.0 Å². The summed E-state index contributed by atoms with van der Waals surface area (Å²) in [6, 6.07) is 13.6. The van der Waals surface area contributed by atoms with E-state index in [-0.39, 0.29) is 16.7 Å². The molecule has 0 radical (unpaired) electrons. The third-order valence-electron chi connectivity index (χ3n) is 5.70. The van der Waals surface area contributed by atoms with Gasteiger partial charge in [-0.25, -0.2) is 8.42 Å². The van der Waals surface area contributed by atoms with Crippen molar-refractivity contribution in [2.45, 2.75) is 43.4 Å². The summed E-state index contributed by atoms with van der Waals surface area (Å²) in [6.45, 7) is 6.02. The zero-order chi connectivity index (χ0) is 23.5. The Morgan fingerprint density at radius 1 is 1.22 bits per heavy atom. The first-order valence-corrected chi connectivity index (χ1v) is 13.2. The lowest BCUT2D eigenvalue weighted by molar-refractivity contribution is -0.143. The summed E-state index contributed by atoms with van der Waals surface area (Å²) in [4.78, 5) is 12.3. The summed E-state index contributed by atoms with van der Waals surface area (Å²) in [6.07, 6.45) is 0.423. The molecule has 1 fully saturated rings. The Morgan fingerprint density at radius 3 is 2.50 bits per heavy atom. The Bertz CT molecular complexity index is 1040. The summed E-state index contributed by atoms with van der Waals surface area (Å²) in [5, 5.41) is 9.76. The summed E-state index contributed by atoms with van der Waals surface area (Å²) in [5.74, 6) is 0.144. The van der Waals surface area contributed by atoms with Crippen LogP contribution in [0.5, 0.6) is 5.75 Å². The van der Waals surface area contributed by atoms with Gasteiger partial charge >= 0.3 is 5.97 Å². The van der Waals surface area contributed by atoms with Gasteiger partial charge in [0.25, 0.3) is 0 Å². The highest BCUT2D eigenvalue weighted by atomic mass is 32.2. The van der Waals surface area contributed by atoms with Crippen LogP contribution in [-0.2, 0) is 14.8 Å². The van der Waals surface area contributed by atoms with Crippen LogP contribution in [0.3, 0.4) is 0 Å². The molecule has 3 rings (SSSR count). The number of aryl methyl sites for hydroxylation is 1. The third kappa shape index (κ3) is 5.47. The van der Waals surface area contributed by atoms with Gasteiger partial charge in [0.2, 0.25) is 10.0 Å². The van der Waals surface area contributed by atoms with E-state index in [0.717, 1.165) is 16.9 Å². The molecule has 8 heteroatoms. The van der Waals surface area contributed by atoms with Crippen molar-refractivity contribution < 1.29 is 23.1 Å². The molecule has 0 aliphatic carbocycles. The minimum absolute atomic E-state index is 0.0663. The lowest BCUT2D eigenvalue weighted by Gasteiger charge is -2.42. The molecule has 1 aliphatic heterocycles. The fourth-order valence-electron chi connectivity index (χ4n) is 3.94. The van der Waals surface area contributed by atoms with E-state index in [1.54, 1.807) is 43.1 Å². The minimum atomic E-state index is -3.90. The average molecular weight is 478 g/mol. The Labute approximate surface area is 195 Å². The van der Waals surface area contributed by atoms with Crippen LogP contribution in [0.15, 0.2) is 53.4 Å². The van der Waals surface area contributed by atoms with Gasteiger partial charge in [0.15, 0.2) is 0 Å². The van der Waals surface area contributed by atoms with Crippen molar-refractivity contribution in [3.8, 4) is 5.75 Å². The Hall–Kier alpha value is -2.03. The van der Waals surface area contributed by atoms with E-state index in [9.17, 15) is 18.3 Å². The standard InChI is InChI=1S/C24H31NO5S2/c1-16(2)15-31-23-13-22(18-6-5-7-19(12-18)30-4)25(14-21(23)24(26)27)32(28,29)20-10-8-17(3)9-11-20/h5-12,16,21-23H,13-15H2,1-4H3,(H,26,27)/t21-,22+,23-/m1/s1. The average Bonchev–Trinajstić information content (AvgIpc) is 2.77. The summed E-state index contributed by atoms with van der Waals surface area (Å²) < 4.78 is 34.1. The second-order valence-corrected chi connectivity index (χ2v) is 11.8. The van der Waals surface area contributed by atoms with Gasteiger partial charge in [-0.1, -0.05) is 43.7 Å². The van der Waals surface area contributed by atoms with Crippen LogP contribution in [0.25, 0.3) is 0 Å². The van der Waals surface area contributed by atoms with Gasteiger partial charge in [-0.3, -0.25) is 4.79 Å². The first-order valence-electron chi connectivity index (χ1n) is 10.7. The fourth-order valence-corrected chi connectivity index (χ4v) is 6.98. The second kappa shape index (κ2) is 10.3. The van der Waals surface area contributed by atoms with E-state index in [2.05, 4.69) is 13.8 Å². The molecule has 1 aliphatic rings. The number of hydrogen-bond donors (Lipinski definition) is 1. The van der Waals surface area contributed by atoms with Crippen molar-refractivity contribution in [3.63, 3.8) is 0 Å². The molecule has 0 aromatic heterocycles. The van der Waals surface area contributed by atoms with Crippen LogP contribution in [0.2, 0.25) is 0 Å². The lowest BCUT2D eigenvalue weighted by atomic mass is 9.90. The van der Waals surface area contributed by atoms with Crippen molar-refractivity contribution in [1.82, 2.24) is 4.31 Å². The summed E-state index contributed by atoms with van der Waals surface area (Å²) in [7, 11) is -2.32. The molecule has 174 valence electrons. The van der Waals surface area contributed by atoms with Gasteiger partial charge in [0, 0.05) is 11.8 Å². The van der Waals surface area contributed by atoms with Gasteiger partial charge in [-0.15, -0.1) is 0 Å². The molecular formula is C24H31NO5S2. The third-order valence-corrected chi connectivity index (χ3v) is 9.39. The number of rotatable bonds is 8. The monoisotopic (exact) mass is 477 g/mol. The largest absolute Gasteiger partial charge is 0.497 e.